The second-order valence-corrected chi connectivity index (χ2v) is 8.95. The van der Waals surface area contributed by atoms with Crippen molar-refractivity contribution in [3.8, 4) is 0 Å². The first-order valence-corrected chi connectivity index (χ1v) is 10.7. The van der Waals surface area contributed by atoms with Gasteiger partial charge in [-0.3, -0.25) is 4.79 Å². The Hall–Kier alpha value is -2.42. The largest absolute Gasteiger partial charge is 0.449 e. The highest BCUT2D eigenvalue weighted by molar-refractivity contribution is 7.89. The molecular weight excluding hydrogens is 416 g/mol. The third-order valence-corrected chi connectivity index (χ3v) is 6.36. The predicted molar refractivity (Wildman–Crippen MR) is 112 cm³/mol. The Morgan fingerprint density at radius 1 is 1.10 bits per heavy atom. The molecule has 2 aromatic carbocycles. The minimum Gasteiger partial charge on any atom is -0.449 e. The van der Waals surface area contributed by atoms with Crippen molar-refractivity contribution in [3.05, 3.63) is 59.1 Å². The van der Waals surface area contributed by atoms with Crippen molar-refractivity contribution in [3.63, 3.8) is 0 Å². The van der Waals surface area contributed by atoms with E-state index < -0.39 is 28.0 Å². The van der Waals surface area contributed by atoms with Crippen LogP contribution in [0.25, 0.3) is 0 Å². The number of likely N-dealkylation sites (N-methyl/N-ethyl adjacent to an activating group) is 1. The zero-order chi connectivity index (χ0) is 21.8. The molecule has 0 aliphatic carbocycles. The van der Waals surface area contributed by atoms with Gasteiger partial charge >= 0.3 is 5.97 Å². The fourth-order valence-electron chi connectivity index (χ4n) is 2.60. The Kier molecular flexibility index (Phi) is 7.40. The molecule has 0 saturated heterocycles. The van der Waals surface area contributed by atoms with E-state index in [-0.39, 0.29) is 15.5 Å². The van der Waals surface area contributed by atoms with Gasteiger partial charge in [0.2, 0.25) is 10.0 Å². The fraction of sp³-hybridized carbons (Fsp3) is 0.300. The average molecular weight is 439 g/mol. The number of rotatable bonds is 7. The van der Waals surface area contributed by atoms with Gasteiger partial charge in [-0.25, -0.2) is 17.5 Å². The lowest BCUT2D eigenvalue weighted by Crippen LogP contribution is -2.40. The number of hydrogen-bond donors (Lipinski definition) is 0. The van der Waals surface area contributed by atoms with E-state index in [9.17, 15) is 18.0 Å². The van der Waals surface area contributed by atoms with Gasteiger partial charge in [-0.15, -0.1) is 0 Å². The molecule has 0 radical (unpaired) electrons. The minimum absolute atomic E-state index is 0.0303. The number of anilines is 1. The number of halogens is 1. The molecule has 156 valence electrons. The van der Waals surface area contributed by atoms with Crippen LogP contribution in [-0.4, -0.2) is 51.3 Å². The van der Waals surface area contributed by atoms with Crippen molar-refractivity contribution in [2.24, 2.45) is 0 Å². The van der Waals surface area contributed by atoms with Crippen molar-refractivity contribution < 1.29 is 22.7 Å². The summed E-state index contributed by atoms with van der Waals surface area (Å²) in [5.41, 5.74) is 0.553. The summed E-state index contributed by atoms with van der Waals surface area (Å²) >= 11 is 6.06. The zero-order valence-corrected chi connectivity index (χ0v) is 18.2. The molecule has 29 heavy (non-hydrogen) atoms. The third-order valence-electron chi connectivity index (χ3n) is 4.22. The van der Waals surface area contributed by atoms with Crippen molar-refractivity contribution >= 4 is 39.2 Å². The summed E-state index contributed by atoms with van der Waals surface area (Å²) < 4.78 is 30.9. The second kappa shape index (κ2) is 9.39. The van der Waals surface area contributed by atoms with Crippen LogP contribution < -0.4 is 4.90 Å². The number of hydrogen-bond acceptors (Lipinski definition) is 5. The van der Waals surface area contributed by atoms with Crippen LogP contribution in [0.15, 0.2) is 53.4 Å². The molecule has 1 amide bonds. The highest BCUT2D eigenvalue weighted by Gasteiger charge is 2.27. The maximum absolute atomic E-state index is 12.8. The molecule has 0 unspecified atom stereocenters. The van der Waals surface area contributed by atoms with Crippen LogP contribution in [0.3, 0.4) is 0 Å². The summed E-state index contributed by atoms with van der Waals surface area (Å²) in [6.45, 7) is 3.66. The van der Waals surface area contributed by atoms with E-state index in [0.29, 0.717) is 12.2 Å². The van der Waals surface area contributed by atoms with Crippen LogP contribution in [0.2, 0.25) is 5.02 Å². The van der Waals surface area contributed by atoms with E-state index in [2.05, 4.69) is 0 Å². The van der Waals surface area contributed by atoms with E-state index in [0.717, 1.165) is 10.4 Å². The molecule has 0 aliphatic heterocycles. The standard InChI is InChI=1S/C20H23ClN2O5S/c1-5-23(15-9-7-6-8-10-15)19(24)14(2)28-20(25)17-13-16(11-12-18(17)21)29(26,27)22(3)4/h6-14H,5H2,1-4H3/t14-/m0/s1. The molecule has 0 heterocycles. The molecule has 0 aliphatic rings. The van der Waals surface area contributed by atoms with Gasteiger partial charge in [0.15, 0.2) is 6.10 Å². The van der Waals surface area contributed by atoms with Crippen molar-refractivity contribution in [1.29, 1.82) is 0 Å². The van der Waals surface area contributed by atoms with Crippen LogP contribution in [-0.2, 0) is 19.6 Å². The van der Waals surface area contributed by atoms with E-state index >= 15 is 0 Å². The van der Waals surface area contributed by atoms with Crippen molar-refractivity contribution in [1.82, 2.24) is 4.31 Å². The molecule has 0 aromatic heterocycles. The van der Waals surface area contributed by atoms with Gasteiger partial charge in [-0.05, 0) is 44.2 Å². The van der Waals surface area contributed by atoms with E-state index in [1.165, 1.54) is 38.1 Å². The van der Waals surface area contributed by atoms with Gasteiger partial charge in [-0.2, -0.15) is 0 Å². The molecule has 0 bridgehead atoms. The zero-order valence-electron chi connectivity index (χ0n) is 16.6. The smallest absolute Gasteiger partial charge is 0.340 e. The normalized spacial score (nSPS) is 12.5. The van der Waals surface area contributed by atoms with Crippen LogP contribution in [0.4, 0.5) is 5.69 Å². The number of carbonyl (C=O) groups is 2. The Morgan fingerprint density at radius 3 is 2.28 bits per heavy atom. The molecule has 2 rings (SSSR count). The van der Waals surface area contributed by atoms with Crippen LogP contribution >= 0.6 is 11.6 Å². The highest BCUT2D eigenvalue weighted by atomic mass is 35.5. The van der Waals surface area contributed by atoms with Gasteiger partial charge in [0.1, 0.15) is 0 Å². The fourth-order valence-corrected chi connectivity index (χ4v) is 3.72. The number of esters is 1. The maximum atomic E-state index is 12.8. The van der Waals surface area contributed by atoms with Crippen molar-refractivity contribution in [2.75, 3.05) is 25.5 Å². The first-order chi connectivity index (χ1) is 13.6. The summed E-state index contributed by atoms with van der Waals surface area (Å²) in [7, 11) is -0.995. The van der Waals surface area contributed by atoms with Crippen molar-refractivity contribution in [2.45, 2.75) is 24.8 Å². The number of amides is 1. The van der Waals surface area contributed by atoms with Gasteiger partial charge in [-0.1, -0.05) is 29.8 Å². The predicted octanol–water partition coefficient (Wildman–Crippen LogP) is 3.19. The molecule has 1 atom stereocenters. The van der Waals surface area contributed by atoms with E-state index in [4.69, 9.17) is 16.3 Å². The maximum Gasteiger partial charge on any atom is 0.340 e. The Bertz CT molecular complexity index is 993. The summed E-state index contributed by atoms with van der Waals surface area (Å²) in [5.74, 6) is -1.28. The lowest BCUT2D eigenvalue weighted by molar-refractivity contribution is -0.126. The summed E-state index contributed by atoms with van der Waals surface area (Å²) in [5, 5.41) is 0.0303. The molecule has 0 N–H and O–H groups in total. The number of benzene rings is 2. The highest BCUT2D eigenvalue weighted by Crippen LogP contribution is 2.24. The molecular formula is C20H23ClN2O5S. The van der Waals surface area contributed by atoms with Crippen LogP contribution in [0.5, 0.6) is 0 Å². The Labute approximate surface area is 175 Å². The monoisotopic (exact) mass is 438 g/mol. The first kappa shape index (κ1) is 22.9. The number of sulfonamides is 1. The number of carbonyl (C=O) groups excluding carboxylic acids is 2. The molecule has 0 spiro atoms. The lowest BCUT2D eigenvalue weighted by atomic mass is 10.2. The number of nitrogens with zero attached hydrogens (tertiary/aromatic N) is 2. The molecule has 0 saturated carbocycles. The van der Waals surface area contributed by atoms with Crippen LogP contribution in [0.1, 0.15) is 24.2 Å². The topological polar surface area (TPSA) is 84.0 Å². The van der Waals surface area contributed by atoms with Crippen LogP contribution in [0, 0.1) is 0 Å². The third kappa shape index (κ3) is 5.14. The Balaban J connectivity index is 2.24. The second-order valence-electron chi connectivity index (χ2n) is 6.39. The SMILES string of the molecule is CCN(C(=O)[C@H](C)OC(=O)c1cc(S(=O)(=O)N(C)C)ccc1Cl)c1ccccc1. The lowest BCUT2D eigenvalue weighted by Gasteiger charge is -2.24. The molecule has 2 aromatic rings. The van der Waals surface area contributed by atoms with E-state index in [1.807, 2.05) is 13.0 Å². The minimum atomic E-state index is -3.76. The number of para-hydroxylation sites is 1. The molecule has 7 nitrogen and oxygen atoms in total. The molecule has 0 fully saturated rings. The van der Waals surface area contributed by atoms with E-state index in [1.54, 1.807) is 24.3 Å². The van der Waals surface area contributed by atoms with Gasteiger partial charge < -0.3 is 9.64 Å². The first-order valence-electron chi connectivity index (χ1n) is 8.89. The molecule has 9 heteroatoms. The quantitative estimate of drug-likeness (QED) is 0.620. The average Bonchev–Trinajstić information content (AvgIpc) is 2.69. The van der Waals surface area contributed by atoms with Gasteiger partial charge in [0.05, 0.1) is 15.5 Å². The summed E-state index contributed by atoms with van der Waals surface area (Å²) in [4.78, 5) is 26.7. The summed E-state index contributed by atoms with van der Waals surface area (Å²) in [6, 6.07) is 12.8. The van der Waals surface area contributed by atoms with Gasteiger partial charge in [0, 0.05) is 26.3 Å². The summed E-state index contributed by atoms with van der Waals surface area (Å²) in [6.07, 6.45) is -1.09. The van der Waals surface area contributed by atoms with Gasteiger partial charge in [0.25, 0.3) is 5.91 Å². The number of ether oxygens (including phenoxy) is 1. The Morgan fingerprint density at radius 2 is 1.72 bits per heavy atom.